The highest BCUT2D eigenvalue weighted by Crippen LogP contribution is 1.93. The molecule has 0 unspecified atom stereocenters. The number of hydrogen-bond acceptors (Lipinski definition) is 1. The molecule has 10 heavy (non-hydrogen) atoms. The van der Waals surface area contributed by atoms with Gasteiger partial charge in [0.25, 0.3) is 0 Å². The van der Waals surface area contributed by atoms with Crippen molar-refractivity contribution in [1.82, 2.24) is 4.57 Å². The van der Waals surface area contributed by atoms with E-state index in [4.69, 9.17) is 0 Å². The lowest BCUT2D eigenvalue weighted by molar-refractivity contribution is 1.15. The van der Waals surface area contributed by atoms with Gasteiger partial charge in [-0.15, -0.1) is 0 Å². The van der Waals surface area contributed by atoms with E-state index in [1.807, 2.05) is 29.1 Å². The molecular weight excluding hydrogens is 142 g/mol. The summed E-state index contributed by atoms with van der Waals surface area (Å²) in [6, 6.07) is 6.88. The van der Waals surface area contributed by atoms with Gasteiger partial charge in [-0.2, -0.15) is 0 Å². The molecule has 0 aromatic carbocycles. The molecular formula is C8H9NS. The summed E-state index contributed by atoms with van der Waals surface area (Å²) in [5.41, 5.74) is 0. The Morgan fingerprint density at radius 2 is 2.10 bits per heavy atom. The number of hydrogen-bond donors (Lipinski definition) is 0. The second-order valence-electron chi connectivity index (χ2n) is 1.74. The van der Waals surface area contributed by atoms with Crippen LogP contribution in [0.1, 0.15) is 6.92 Å². The van der Waals surface area contributed by atoms with Gasteiger partial charge in [-0.05, 0) is 17.4 Å². The zero-order valence-corrected chi connectivity index (χ0v) is 6.69. The Hall–Kier alpha value is -0.810. The highest BCUT2D eigenvalue weighted by Gasteiger charge is 1.76. The topological polar surface area (TPSA) is 4.93 Å². The van der Waals surface area contributed by atoms with Crippen molar-refractivity contribution in [1.29, 1.82) is 0 Å². The maximum absolute atomic E-state index is 2.97. The maximum atomic E-state index is 2.97. The molecule has 0 N–H and O–H groups in total. The van der Waals surface area contributed by atoms with Crippen LogP contribution >= 0.6 is 11.8 Å². The van der Waals surface area contributed by atoms with Gasteiger partial charge in [-0.3, -0.25) is 4.57 Å². The molecule has 0 fully saturated rings. The van der Waals surface area contributed by atoms with Crippen LogP contribution in [0.5, 0.6) is 0 Å². The lowest BCUT2D eigenvalue weighted by Gasteiger charge is -1.82. The van der Waals surface area contributed by atoms with Crippen LogP contribution in [-0.2, 0) is 0 Å². The van der Waals surface area contributed by atoms with Crippen molar-refractivity contribution in [2.24, 2.45) is 0 Å². The fraction of sp³-hybridized carbons (Fsp3) is 0.250. The summed E-state index contributed by atoms with van der Waals surface area (Å²) < 4.78 is 1.85. The van der Waals surface area contributed by atoms with Gasteiger partial charge in [-0.1, -0.05) is 18.7 Å². The minimum absolute atomic E-state index is 1.05. The first kappa shape index (κ1) is 7.30. The van der Waals surface area contributed by atoms with Gasteiger partial charge in [0.15, 0.2) is 0 Å². The second-order valence-corrected chi connectivity index (χ2v) is 2.81. The Kier molecular flexibility index (Phi) is 2.98. The van der Waals surface area contributed by atoms with Crippen molar-refractivity contribution in [2.45, 2.75) is 6.92 Å². The van der Waals surface area contributed by atoms with Gasteiger partial charge >= 0.3 is 0 Å². The van der Waals surface area contributed by atoms with Crippen molar-refractivity contribution in [3.8, 4) is 11.3 Å². The minimum Gasteiger partial charge on any atom is -0.284 e. The van der Waals surface area contributed by atoms with E-state index in [-0.39, 0.29) is 0 Å². The molecule has 1 rings (SSSR count). The Morgan fingerprint density at radius 3 is 2.70 bits per heavy atom. The quantitative estimate of drug-likeness (QED) is 0.556. The average Bonchev–Trinajstić information content (AvgIpc) is 2.41. The molecule has 0 aliphatic carbocycles. The Balaban J connectivity index is 2.49. The molecule has 0 atom stereocenters. The molecule has 0 saturated carbocycles. The molecule has 1 nitrogen and oxygen atoms in total. The molecule has 52 valence electrons. The number of rotatable bonds is 1. The lowest BCUT2D eigenvalue weighted by Crippen LogP contribution is -1.78. The van der Waals surface area contributed by atoms with Gasteiger partial charge in [0.1, 0.15) is 0 Å². The predicted octanol–water partition coefficient (Wildman–Crippen LogP) is 2.01. The fourth-order valence-electron chi connectivity index (χ4n) is 0.566. The Morgan fingerprint density at radius 1 is 1.40 bits per heavy atom. The first-order chi connectivity index (χ1) is 4.93. The van der Waals surface area contributed by atoms with Crippen LogP contribution in [0, 0.1) is 11.3 Å². The maximum Gasteiger partial charge on any atom is 0.0283 e. The molecule has 0 bridgehead atoms. The van der Waals surface area contributed by atoms with Gasteiger partial charge in [0, 0.05) is 24.2 Å². The van der Waals surface area contributed by atoms with Crippen LogP contribution in [-0.4, -0.2) is 10.3 Å². The fourth-order valence-corrected chi connectivity index (χ4v) is 0.880. The SMILES string of the molecule is CCSC#Cn1cccc1. The summed E-state index contributed by atoms with van der Waals surface area (Å²) in [4.78, 5) is 0. The molecule has 0 amide bonds. The van der Waals surface area contributed by atoms with Crippen LogP contribution in [0.4, 0.5) is 0 Å². The average molecular weight is 151 g/mol. The smallest absolute Gasteiger partial charge is 0.0283 e. The predicted molar refractivity (Wildman–Crippen MR) is 45.7 cm³/mol. The van der Waals surface area contributed by atoms with Gasteiger partial charge in [-0.25, -0.2) is 0 Å². The summed E-state index contributed by atoms with van der Waals surface area (Å²) in [5, 5.41) is 2.97. The van der Waals surface area contributed by atoms with Gasteiger partial charge in [0.2, 0.25) is 0 Å². The van der Waals surface area contributed by atoms with E-state index in [9.17, 15) is 0 Å². The molecule has 1 heterocycles. The third kappa shape index (κ3) is 2.20. The molecule has 0 aliphatic rings. The van der Waals surface area contributed by atoms with Gasteiger partial charge in [0.05, 0.1) is 0 Å². The van der Waals surface area contributed by atoms with Gasteiger partial charge < -0.3 is 0 Å². The van der Waals surface area contributed by atoms with Crippen molar-refractivity contribution in [2.75, 3.05) is 5.75 Å². The van der Waals surface area contributed by atoms with E-state index in [1.54, 1.807) is 11.8 Å². The van der Waals surface area contributed by atoms with E-state index in [2.05, 4.69) is 18.2 Å². The van der Waals surface area contributed by atoms with Crippen LogP contribution in [0.25, 0.3) is 0 Å². The Labute approximate surface area is 65.4 Å². The van der Waals surface area contributed by atoms with Crippen LogP contribution in [0.2, 0.25) is 0 Å². The first-order valence-electron chi connectivity index (χ1n) is 3.19. The summed E-state index contributed by atoms with van der Waals surface area (Å²) in [5.74, 6) is 1.05. The third-order valence-corrected chi connectivity index (χ3v) is 1.52. The van der Waals surface area contributed by atoms with Crippen LogP contribution in [0.3, 0.4) is 0 Å². The van der Waals surface area contributed by atoms with Crippen molar-refractivity contribution < 1.29 is 0 Å². The molecule has 2 heteroatoms. The molecule has 1 aromatic heterocycles. The largest absolute Gasteiger partial charge is 0.284 e. The first-order valence-corrected chi connectivity index (χ1v) is 4.18. The highest BCUT2D eigenvalue weighted by molar-refractivity contribution is 8.03. The molecule has 0 radical (unpaired) electrons. The zero-order chi connectivity index (χ0) is 7.23. The molecule has 0 aliphatic heterocycles. The summed E-state index contributed by atoms with van der Waals surface area (Å²) in [7, 11) is 0. The number of thioether (sulfide) groups is 1. The zero-order valence-electron chi connectivity index (χ0n) is 5.87. The third-order valence-electron chi connectivity index (χ3n) is 0.996. The van der Waals surface area contributed by atoms with Crippen LogP contribution in [0.15, 0.2) is 24.5 Å². The second kappa shape index (κ2) is 4.08. The number of nitrogens with zero attached hydrogens (tertiary/aromatic N) is 1. The standard InChI is InChI=1S/C8H9NS/c1-2-10-8-7-9-5-3-4-6-9/h3-6H,2H2,1H3. The normalized spacial score (nSPS) is 8.50. The molecule has 0 saturated heterocycles. The van der Waals surface area contributed by atoms with E-state index in [0.717, 1.165) is 5.75 Å². The van der Waals surface area contributed by atoms with Crippen molar-refractivity contribution in [3.05, 3.63) is 24.5 Å². The number of aromatic nitrogens is 1. The summed E-state index contributed by atoms with van der Waals surface area (Å²) in [6.07, 6.45) is 3.87. The molecule has 1 aromatic rings. The molecule has 0 spiro atoms. The van der Waals surface area contributed by atoms with Crippen molar-refractivity contribution >= 4 is 11.8 Å². The van der Waals surface area contributed by atoms with Crippen LogP contribution < -0.4 is 0 Å². The highest BCUT2D eigenvalue weighted by atomic mass is 32.2. The van der Waals surface area contributed by atoms with E-state index in [0.29, 0.717) is 0 Å². The summed E-state index contributed by atoms with van der Waals surface area (Å²) in [6.45, 7) is 2.09. The van der Waals surface area contributed by atoms with E-state index >= 15 is 0 Å². The summed E-state index contributed by atoms with van der Waals surface area (Å²) >= 11 is 1.62. The monoisotopic (exact) mass is 151 g/mol. The lowest BCUT2D eigenvalue weighted by atomic mass is 10.7. The van der Waals surface area contributed by atoms with E-state index < -0.39 is 0 Å². The van der Waals surface area contributed by atoms with Crippen molar-refractivity contribution in [3.63, 3.8) is 0 Å². The minimum atomic E-state index is 1.05. The van der Waals surface area contributed by atoms with E-state index in [1.165, 1.54) is 0 Å². The Bertz CT molecular complexity index is 228.